The summed E-state index contributed by atoms with van der Waals surface area (Å²) < 4.78 is 32.3. The van der Waals surface area contributed by atoms with Crippen molar-refractivity contribution in [2.24, 2.45) is 5.92 Å². The normalized spacial score (nSPS) is 13.2. The first-order valence-electron chi connectivity index (χ1n) is 7.02. The first-order chi connectivity index (χ1) is 10.2. The number of hydrogen-bond acceptors (Lipinski definition) is 4. The number of methoxy groups -OCH3 is 1. The number of amides is 1. The number of likely N-dealkylation sites (N-methyl/N-ethyl adjacent to an activating group) is 1. The van der Waals surface area contributed by atoms with E-state index in [9.17, 15) is 13.2 Å². The highest BCUT2D eigenvalue weighted by atomic mass is 32.2. The van der Waals surface area contributed by atoms with E-state index in [0.29, 0.717) is 0 Å². The lowest BCUT2D eigenvalue weighted by Gasteiger charge is -2.26. The summed E-state index contributed by atoms with van der Waals surface area (Å²) in [6.07, 6.45) is 0. The Labute approximate surface area is 132 Å². The van der Waals surface area contributed by atoms with Gasteiger partial charge in [-0.25, -0.2) is 8.42 Å². The van der Waals surface area contributed by atoms with Gasteiger partial charge in [0.25, 0.3) is 0 Å². The van der Waals surface area contributed by atoms with Gasteiger partial charge in [-0.1, -0.05) is 31.5 Å². The molecule has 6 nitrogen and oxygen atoms in total. The van der Waals surface area contributed by atoms with Gasteiger partial charge < -0.3 is 9.64 Å². The Bertz CT molecular complexity index is 596. The first-order valence-corrected chi connectivity index (χ1v) is 8.50. The zero-order valence-corrected chi connectivity index (χ0v) is 14.5. The van der Waals surface area contributed by atoms with Crippen LogP contribution in [0.2, 0.25) is 0 Å². The second kappa shape index (κ2) is 7.71. The molecule has 1 unspecified atom stereocenters. The van der Waals surface area contributed by atoms with Gasteiger partial charge in [0.2, 0.25) is 15.9 Å². The number of carbonyl (C=O) groups excluding carboxylic acids is 1. The fraction of sp³-hybridized carbons (Fsp3) is 0.533. The van der Waals surface area contributed by atoms with Gasteiger partial charge in [0.1, 0.15) is 12.8 Å². The van der Waals surface area contributed by atoms with Crippen molar-refractivity contribution in [3.63, 3.8) is 0 Å². The summed E-state index contributed by atoms with van der Waals surface area (Å²) >= 11 is 0. The summed E-state index contributed by atoms with van der Waals surface area (Å²) in [7, 11) is -0.705. The molecular weight excluding hydrogens is 304 g/mol. The molecule has 124 valence electrons. The second-order valence-electron chi connectivity index (χ2n) is 5.61. The average Bonchev–Trinajstić information content (AvgIpc) is 2.44. The van der Waals surface area contributed by atoms with Crippen LogP contribution in [0.5, 0.6) is 0 Å². The van der Waals surface area contributed by atoms with Gasteiger partial charge in [-0.2, -0.15) is 4.72 Å². The summed E-state index contributed by atoms with van der Waals surface area (Å²) in [4.78, 5) is 13.9. The van der Waals surface area contributed by atoms with Crippen molar-refractivity contribution >= 4 is 15.9 Å². The quantitative estimate of drug-likeness (QED) is 0.767. The number of benzene rings is 1. The Kier molecular flexibility index (Phi) is 6.52. The highest BCUT2D eigenvalue weighted by molar-refractivity contribution is 7.89. The number of hydrogen-bond donors (Lipinski definition) is 1. The fourth-order valence-electron chi connectivity index (χ4n) is 1.92. The van der Waals surface area contributed by atoms with Crippen LogP contribution in [0.15, 0.2) is 29.2 Å². The Balaban J connectivity index is 2.99. The molecule has 0 heterocycles. The minimum atomic E-state index is -3.75. The first kappa shape index (κ1) is 18.6. The van der Waals surface area contributed by atoms with Crippen LogP contribution in [0.25, 0.3) is 0 Å². The molecule has 0 fully saturated rings. The van der Waals surface area contributed by atoms with Crippen LogP contribution in [0.1, 0.15) is 19.4 Å². The molecule has 1 atom stereocenters. The van der Waals surface area contributed by atoms with E-state index in [1.165, 1.54) is 24.1 Å². The smallest absolute Gasteiger partial charge is 0.242 e. The molecule has 0 bridgehead atoms. The molecule has 0 saturated carbocycles. The van der Waals surface area contributed by atoms with Gasteiger partial charge in [0.15, 0.2) is 0 Å². The molecule has 0 spiro atoms. The summed E-state index contributed by atoms with van der Waals surface area (Å²) in [6.45, 7) is 5.57. The van der Waals surface area contributed by atoms with E-state index in [-0.39, 0.29) is 23.5 Å². The Morgan fingerprint density at radius 3 is 2.27 bits per heavy atom. The number of nitrogens with one attached hydrogen (secondary N) is 1. The third-order valence-corrected chi connectivity index (χ3v) is 4.70. The van der Waals surface area contributed by atoms with Crippen LogP contribution in [0.3, 0.4) is 0 Å². The van der Waals surface area contributed by atoms with Crippen molar-refractivity contribution in [1.29, 1.82) is 0 Å². The molecule has 1 aromatic carbocycles. The van der Waals surface area contributed by atoms with Gasteiger partial charge in [0.05, 0.1) is 4.90 Å². The van der Waals surface area contributed by atoms with Crippen LogP contribution in [-0.2, 0) is 19.6 Å². The summed E-state index contributed by atoms with van der Waals surface area (Å²) in [5.41, 5.74) is 0.968. The topological polar surface area (TPSA) is 75.7 Å². The SMILES string of the molecule is COCN(C)C(=O)C(NS(=O)(=O)c1ccc(C)cc1)C(C)C. The van der Waals surface area contributed by atoms with Gasteiger partial charge in [-0.3, -0.25) is 4.79 Å². The van der Waals surface area contributed by atoms with Gasteiger partial charge >= 0.3 is 0 Å². The molecule has 0 aliphatic heterocycles. The van der Waals surface area contributed by atoms with Crippen LogP contribution >= 0.6 is 0 Å². The van der Waals surface area contributed by atoms with E-state index in [2.05, 4.69) is 4.72 Å². The number of nitrogens with zero attached hydrogens (tertiary/aromatic N) is 1. The molecule has 7 heteroatoms. The van der Waals surface area contributed by atoms with Gasteiger partial charge in [0, 0.05) is 14.2 Å². The van der Waals surface area contributed by atoms with Crippen LogP contribution in [-0.4, -0.2) is 46.2 Å². The van der Waals surface area contributed by atoms with Gasteiger partial charge in [-0.05, 0) is 25.0 Å². The van der Waals surface area contributed by atoms with Crippen molar-refractivity contribution in [3.8, 4) is 0 Å². The molecule has 1 aromatic rings. The molecule has 1 rings (SSSR count). The van der Waals surface area contributed by atoms with Crippen molar-refractivity contribution in [1.82, 2.24) is 9.62 Å². The number of rotatable bonds is 7. The molecule has 0 saturated heterocycles. The third-order valence-electron chi connectivity index (χ3n) is 3.25. The maximum absolute atomic E-state index is 12.4. The van der Waals surface area contributed by atoms with Gasteiger partial charge in [-0.15, -0.1) is 0 Å². The zero-order valence-electron chi connectivity index (χ0n) is 13.7. The number of sulfonamides is 1. The van der Waals surface area contributed by atoms with E-state index in [0.717, 1.165) is 5.56 Å². The minimum Gasteiger partial charge on any atom is -0.364 e. The maximum Gasteiger partial charge on any atom is 0.242 e. The molecule has 1 amide bonds. The Morgan fingerprint density at radius 2 is 1.82 bits per heavy atom. The summed E-state index contributed by atoms with van der Waals surface area (Å²) in [6, 6.07) is 5.65. The van der Waals surface area contributed by atoms with Crippen LogP contribution in [0, 0.1) is 12.8 Å². The molecular formula is C15H24N2O4S. The predicted octanol–water partition coefficient (Wildman–Crippen LogP) is 1.36. The predicted molar refractivity (Wildman–Crippen MR) is 84.8 cm³/mol. The fourth-order valence-corrected chi connectivity index (χ4v) is 3.26. The third kappa shape index (κ3) is 4.79. The lowest BCUT2D eigenvalue weighted by atomic mass is 10.0. The highest BCUT2D eigenvalue weighted by Gasteiger charge is 2.30. The highest BCUT2D eigenvalue weighted by Crippen LogP contribution is 2.14. The Morgan fingerprint density at radius 1 is 1.27 bits per heavy atom. The standard InChI is InChI=1S/C15H24N2O4S/c1-11(2)14(15(18)17(4)10-21-5)16-22(19,20)13-8-6-12(3)7-9-13/h6-9,11,14,16H,10H2,1-5H3. The summed E-state index contributed by atoms with van der Waals surface area (Å²) in [5, 5.41) is 0. The van der Waals surface area contributed by atoms with Crippen molar-refractivity contribution < 1.29 is 17.9 Å². The molecule has 0 aliphatic carbocycles. The van der Waals surface area contributed by atoms with Crippen molar-refractivity contribution in [2.45, 2.75) is 31.7 Å². The molecule has 1 N–H and O–H groups in total. The lowest BCUT2D eigenvalue weighted by molar-refractivity contribution is -0.136. The zero-order chi connectivity index (χ0) is 16.9. The number of ether oxygens (including phenoxy) is 1. The second-order valence-corrected chi connectivity index (χ2v) is 7.32. The van der Waals surface area contributed by atoms with Crippen LogP contribution in [0.4, 0.5) is 0 Å². The van der Waals surface area contributed by atoms with E-state index in [1.807, 2.05) is 6.92 Å². The average molecular weight is 328 g/mol. The monoisotopic (exact) mass is 328 g/mol. The molecule has 0 aliphatic rings. The minimum absolute atomic E-state index is 0.105. The van der Waals surface area contributed by atoms with E-state index in [1.54, 1.807) is 33.0 Å². The maximum atomic E-state index is 12.4. The number of aryl methyl sites for hydroxylation is 1. The molecule has 22 heavy (non-hydrogen) atoms. The van der Waals surface area contributed by atoms with Crippen molar-refractivity contribution in [3.05, 3.63) is 29.8 Å². The Hall–Kier alpha value is -1.44. The largest absolute Gasteiger partial charge is 0.364 e. The molecule has 0 aromatic heterocycles. The molecule has 0 radical (unpaired) electrons. The van der Waals surface area contributed by atoms with Crippen molar-refractivity contribution in [2.75, 3.05) is 20.9 Å². The van der Waals surface area contributed by atoms with E-state index in [4.69, 9.17) is 4.74 Å². The van der Waals surface area contributed by atoms with Crippen LogP contribution < -0.4 is 4.72 Å². The van der Waals surface area contributed by atoms with E-state index >= 15 is 0 Å². The number of carbonyl (C=O) groups is 1. The van der Waals surface area contributed by atoms with E-state index < -0.39 is 16.1 Å². The lowest BCUT2D eigenvalue weighted by Crippen LogP contribution is -2.50. The summed E-state index contributed by atoms with van der Waals surface area (Å²) in [5.74, 6) is -0.514.